The van der Waals surface area contributed by atoms with Crippen molar-refractivity contribution in [3.05, 3.63) is 53.3 Å². The molecule has 5 atom stereocenters. The lowest BCUT2D eigenvalue weighted by atomic mass is 9.47. The van der Waals surface area contributed by atoms with Crippen molar-refractivity contribution < 1.29 is 24.5 Å². The van der Waals surface area contributed by atoms with Crippen molar-refractivity contribution in [1.82, 2.24) is 15.2 Å². The highest BCUT2D eigenvalue weighted by molar-refractivity contribution is 6.06. The van der Waals surface area contributed by atoms with Gasteiger partial charge in [-0.2, -0.15) is 0 Å². The smallest absolute Gasteiger partial charge is 0.231 e. The van der Waals surface area contributed by atoms with Gasteiger partial charge in [0.1, 0.15) is 5.92 Å². The summed E-state index contributed by atoms with van der Waals surface area (Å²) in [6, 6.07) is 8.79. The maximum Gasteiger partial charge on any atom is 0.231 e. The summed E-state index contributed by atoms with van der Waals surface area (Å²) in [7, 11) is 0. The number of ketones is 1. The Morgan fingerprint density at radius 1 is 1.26 bits per heavy atom. The molecule has 3 heterocycles. The van der Waals surface area contributed by atoms with Crippen LogP contribution in [0.3, 0.4) is 0 Å². The van der Waals surface area contributed by atoms with Gasteiger partial charge in [-0.05, 0) is 68.3 Å². The van der Waals surface area contributed by atoms with E-state index in [1.165, 1.54) is 12.8 Å². The Bertz CT molecular complexity index is 1230. The molecule has 8 heteroatoms. The molecule has 1 aromatic heterocycles. The Kier molecular flexibility index (Phi) is 4.43. The molecule has 182 valence electrons. The third-order valence-corrected chi connectivity index (χ3v) is 9.12. The Labute approximate surface area is 203 Å². The number of likely N-dealkylation sites (tertiary alicyclic amines) is 1. The second kappa shape index (κ2) is 7.27. The van der Waals surface area contributed by atoms with E-state index < -0.39 is 28.9 Å². The minimum absolute atomic E-state index is 0.0160. The summed E-state index contributed by atoms with van der Waals surface area (Å²) in [5.41, 5.74) is 0.268. The van der Waals surface area contributed by atoms with Crippen LogP contribution in [0.4, 0.5) is 0 Å². The molecule has 35 heavy (non-hydrogen) atoms. The fourth-order valence-electron chi connectivity index (χ4n) is 7.33. The van der Waals surface area contributed by atoms with Crippen LogP contribution >= 0.6 is 0 Å². The normalized spacial score (nSPS) is 34.8. The average Bonchev–Trinajstić information content (AvgIpc) is 3.60. The van der Waals surface area contributed by atoms with E-state index in [1.54, 1.807) is 18.3 Å². The standard InChI is InChI=1S/C27H29N3O5/c31-19-7-6-16-11-20-27(34)12-18(25(33)29-13-17-3-1-2-9-28-17)22(32)24-26(27,21(16)23(19)35-24)8-10-30(20)14-15-4-5-15/h1-3,6-7,9,15,18,20,24,31,34H,4-5,8,10-14H2,(H,29,33)/t18?,20-,24+,26+,27-/m1/s1. The predicted octanol–water partition coefficient (Wildman–Crippen LogP) is 1.46. The molecule has 1 spiro atoms. The summed E-state index contributed by atoms with van der Waals surface area (Å²) in [6.45, 7) is 1.90. The highest BCUT2D eigenvalue weighted by Gasteiger charge is 2.75. The van der Waals surface area contributed by atoms with Crippen molar-refractivity contribution >= 4 is 11.7 Å². The van der Waals surface area contributed by atoms with Gasteiger partial charge in [-0.25, -0.2) is 0 Å². The van der Waals surface area contributed by atoms with Gasteiger partial charge in [0.25, 0.3) is 0 Å². The van der Waals surface area contributed by atoms with E-state index in [4.69, 9.17) is 4.74 Å². The molecule has 2 aromatic rings. The Hall–Kier alpha value is -2.97. The van der Waals surface area contributed by atoms with E-state index >= 15 is 0 Å². The molecular formula is C27H29N3O5. The van der Waals surface area contributed by atoms with Gasteiger partial charge in [-0.3, -0.25) is 19.5 Å². The Morgan fingerprint density at radius 2 is 2.11 bits per heavy atom. The van der Waals surface area contributed by atoms with Crippen LogP contribution in [-0.2, 0) is 28.0 Å². The number of aromatic nitrogens is 1. The van der Waals surface area contributed by atoms with Gasteiger partial charge in [-0.15, -0.1) is 0 Å². The first-order chi connectivity index (χ1) is 16.9. The fraction of sp³-hybridized carbons (Fsp3) is 0.519. The number of nitrogens with one attached hydrogen (secondary N) is 1. The molecule has 0 radical (unpaired) electrons. The summed E-state index contributed by atoms with van der Waals surface area (Å²) in [5.74, 6) is -0.803. The number of hydrogen-bond donors (Lipinski definition) is 3. The van der Waals surface area contributed by atoms with E-state index in [9.17, 15) is 19.8 Å². The molecule has 3 fully saturated rings. The number of piperidine rings is 1. The number of amides is 1. The summed E-state index contributed by atoms with van der Waals surface area (Å²) in [5, 5.41) is 26.1. The highest BCUT2D eigenvalue weighted by Crippen LogP contribution is 2.65. The number of carbonyl (C=O) groups excluding carboxylic acids is 2. The van der Waals surface area contributed by atoms with Crippen LogP contribution in [0.5, 0.6) is 11.5 Å². The molecular weight excluding hydrogens is 446 g/mol. The maximum absolute atomic E-state index is 13.8. The number of pyridine rings is 1. The SMILES string of the molecule is O=C(NCc1ccccn1)C1C[C@@]2(O)[C@H]3Cc4ccc(O)c5c4[C@@]2(CCN3CC2CC2)[C@@H](O5)C1=O. The van der Waals surface area contributed by atoms with Gasteiger partial charge in [0, 0.05) is 24.3 Å². The molecule has 2 bridgehead atoms. The number of hydrogen-bond acceptors (Lipinski definition) is 7. The van der Waals surface area contributed by atoms with Crippen LogP contribution in [-0.4, -0.2) is 62.6 Å². The molecule has 2 aliphatic heterocycles. The summed E-state index contributed by atoms with van der Waals surface area (Å²) < 4.78 is 6.19. The van der Waals surface area contributed by atoms with Crippen LogP contribution in [0.25, 0.3) is 0 Å². The zero-order chi connectivity index (χ0) is 23.9. The van der Waals surface area contributed by atoms with Gasteiger partial charge < -0.3 is 20.3 Å². The zero-order valence-electron chi connectivity index (χ0n) is 19.4. The van der Waals surface area contributed by atoms with Crippen molar-refractivity contribution in [1.29, 1.82) is 0 Å². The first-order valence-electron chi connectivity index (χ1n) is 12.6. The second-order valence-electron chi connectivity index (χ2n) is 10.9. The highest BCUT2D eigenvalue weighted by atomic mass is 16.5. The summed E-state index contributed by atoms with van der Waals surface area (Å²) >= 11 is 0. The average molecular weight is 476 g/mol. The van der Waals surface area contributed by atoms with Crippen LogP contribution in [0.1, 0.15) is 42.5 Å². The first kappa shape index (κ1) is 21.3. The van der Waals surface area contributed by atoms with Crippen molar-refractivity contribution in [2.75, 3.05) is 13.1 Å². The summed E-state index contributed by atoms with van der Waals surface area (Å²) in [4.78, 5) is 33.8. The lowest BCUT2D eigenvalue weighted by molar-refractivity contribution is -0.198. The first-order valence-corrected chi connectivity index (χ1v) is 12.6. The topological polar surface area (TPSA) is 112 Å². The van der Waals surface area contributed by atoms with E-state index in [0.29, 0.717) is 30.2 Å². The molecule has 1 unspecified atom stereocenters. The van der Waals surface area contributed by atoms with Crippen molar-refractivity contribution in [3.63, 3.8) is 0 Å². The molecule has 1 aromatic carbocycles. The van der Waals surface area contributed by atoms with Crippen LogP contribution in [0, 0.1) is 11.8 Å². The van der Waals surface area contributed by atoms with E-state index in [1.807, 2.05) is 18.2 Å². The lowest BCUT2D eigenvalue weighted by Crippen LogP contribution is -2.78. The molecule has 8 nitrogen and oxygen atoms in total. The number of ether oxygens (including phenoxy) is 1. The Balaban J connectivity index is 1.28. The zero-order valence-corrected chi connectivity index (χ0v) is 19.4. The molecule has 5 aliphatic rings. The number of benzene rings is 1. The second-order valence-corrected chi connectivity index (χ2v) is 10.9. The molecule has 3 N–H and O–H groups in total. The number of rotatable bonds is 5. The fourth-order valence-corrected chi connectivity index (χ4v) is 7.33. The van der Waals surface area contributed by atoms with Gasteiger partial charge in [0.05, 0.1) is 23.3 Å². The van der Waals surface area contributed by atoms with Crippen LogP contribution in [0.2, 0.25) is 0 Å². The summed E-state index contributed by atoms with van der Waals surface area (Å²) in [6.07, 6.45) is 4.33. The third-order valence-electron chi connectivity index (χ3n) is 9.12. The lowest BCUT2D eigenvalue weighted by Gasteiger charge is -2.63. The van der Waals surface area contributed by atoms with E-state index in [2.05, 4.69) is 15.2 Å². The number of aromatic hydroxyl groups is 1. The largest absolute Gasteiger partial charge is 0.504 e. The van der Waals surface area contributed by atoms with Gasteiger partial charge >= 0.3 is 0 Å². The molecule has 1 saturated heterocycles. The van der Waals surface area contributed by atoms with Crippen molar-refractivity contribution in [3.8, 4) is 11.5 Å². The van der Waals surface area contributed by atoms with Crippen LogP contribution in [0.15, 0.2) is 36.5 Å². The third kappa shape index (κ3) is 2.84. The quantitative estimate of drug-likeness (QED) is 0.562. The number of phenolic OH excluding ortho intramolecular Hbond substituents is 1. The van der Waals surface area contributed by atoms with Crippen molar-refractivity contribution in [2.24, 2.45) is 11.8 Å². The minimum atomic E-state index is -1.31. The van der Waals surface area contributed by atoms with E-state index in [-0.39, 0.29) is 30.5 Å². The maximum atomic E-state index is 13.8. The van der Waals surface area contributed by atoms with Gasteiger partial charge in [0.15, 0.2) is 23.4 Å². The number of Topliss-reactive ketones (excluding diaryl/α,β-unsaturated/α-hetero) is 1. The van der Waals surface area contributed by atoms with Gasteiger partial charge in [0.2, 0.25) is 5.91 Å². The molecule has 3 aliphatic carbocycles. The predicted molar refractivity (Wildman–Crippen MR) is 125 cm³/mol. The monoisotopic (exact) mass is 475 g/mol. The minimum Gasteiger partial charge on any atom is -0.504 e. The van der Waals surface area contributed by atoms with Crippen LogP contribution < -0.4 is 10.1 Å². The van der Waals surface area contributed by atoms with Crippen molar-refractivity contribution in [2.45, 2.75) is 61.8 Å². The molecule has 1 amide bonds. The number of phenols is 1. The Morgan fingerprint density at radius 3 is 2.89 bits per heavy atom. The molecule has 7 rings (SSSR count). The van der Waals surface area contributed by atoms with Gasteiger partial charge in [-0.1, -0.05) is 12.1 Å². The van der Waals surface area contributed by atoms with E-state index in [0.717, 1.165) is 24.2 Å². The number of carbonyl (C=O) groups is 2. The molecule has 2 saturated carbocycles. The number of aliphatic hydroxyl groups is 1. The number of nitrogens with zero attached hydrogens (tertiary/aromatic N) is 2.